The van der Waals surface area contributed by atoms with Crippen LogP contribution in [0.15, 0.2) is 48.7 Å². The van der Waals surface area contributed by atoms with Crippen LogP contribution in [0.5, 0.6) is 17.2 Å². The van der Waals surface area contributed by atoms with Crippen LogP contribution in [-0.2, 0) is 6.61 Å². The van der Waals surface area contributed by atoms with Crippen molar-refractivity contribution >= 4 is 10.9 Å². The first-order valence-electron chi connectivity index (χ1n) is 7.68. The van der Waals surface area contributed by atoms with Crippen LogP contribution in [0.3, 0.4) is 0 Å². The van der Waals surface area contributed by atoms with Crippen molar-refractivity contribution in [3.05, 3.63) is 54.2 Å². The second kappa shape index (κ2) is 6.24. The van der Waals surface area contributed by atoms with Gasteiger partial charge in [0.2, 0.25) is 0 Å². The van der Waals surface area contributed by atoms with Gasteiger partial charge in [-0.3, -0.25) is 0 Å². The molecule has 0 aliphatic rings. The molecule has 0 radical (unpaired) electrons. The van der Waals surface area contributed by atoms with E-state index in [1.54, 1.807) is 13.2 Å². The topological polar surface area (TPSA) is 43.6 Å². The summed E-state index contributed by atoms with van der Waals surface area (Å²) in [4.78, 5) is 0. The number of methoxy groups -OCH3 is 1. The van der Waals surface area contributed by atoms with Gasteiger partial charge in [0.15, 0.2) is 0 Å². The Morgan fingerprint density at radius 3 is 2.57 bits per heavy atom. The third-order valence-corrected chi connectivity index (χ3v) is 3.91. The zero-order valence-electron chi connectivity index (χ0n) is 13.6. The van der Waals surface area contributed by atoms with Crippen LogP contribution in [0.2, 0.25) is 0 Å². The van der Waals surface area contributed by atoms with Crippen LogP contribution in [-0.4, -0.2) is 16.8 Å². The third-order valence-electron chi connectivity index (χ3n) is 3.91. The molecule has 3 aromatic rings. The maximum atomic E-state index is 10.2. The maximum absolute atomic E-state index is 10.2. The molecular weight excluding hydrogens is 290 g/mol. The number of hydrogen-bond donors (Lipinski definition) is 1. The Kier molecular flexibility index (Phi) is 4.15. The molecule has 0 spiro atoms. The summed E-state index contributed by atoms with van der Waals surface area (Å²) in [6, 6.07) is 13.4. The zero-order chi connectivity index (χ0) is 16.4. The molecule has 1 heterocycles. The molecule has 0 aliphatic carbocycles. The van der Waals surface area contributed by atoms with E-state index in [4.69, 9.17) is 9.47 Å². The highest BCUT2D eigenvalue weighted by atomic mass is 16.5. The highest BCUT2D eigenvalue weighted by molar-refractivity contribution is 5.89. The Balaban J connectivity index is 1.93. The Labute approximate surface area is 135 Å². The molecular formula is C19H21NO3. The molecule has 4 nitrogen and oxygen atoms in total. The molecule has 0 saturated heterocycles. The molecule has 0 bridgehead atoms. The minimum absolute atomic E-state index is 0.283. The molecule has 1 aromatic heterocycles. The standard InChI is InChI=1S/C19H21NO3/c1-13(2)20-11-14(19-17(20)8-5-9-18(19)21)12-23-16-7-4-6-15(10-16)22-3/h4-11,13,21H,12H2,1-3H3. The lowest BCUT2D eigenvalue weighted by molar-refractivity contribution is 0.304. The molecule has 3 rings (SSSR count). The first-order valence-corrected chi connectivity index (χ1v) is 7.68. The lowest BCUT2D eigenvalue weighted by Crippen LogP contribution is -1.98. The van der Waals surface area contributed by atoms with Gasteiger partial charge in [-0.2, -0.15) is 0 Å². The van der Waals surface area contributed by atoms with E-state index in [1.165, 1.54) is 0 Å². The second-order valence-corrected chi connectivity index (χ2v) is 5.79. The molecule has 0 saturated carbocycles. The van der Waals surface area contributed by atoms with Crippen LogP contribution in [0.25, 0.3) is 10.9 Å². The fourth-order valence-corrected chi connectivity index (χ4v) is 2.76. The van der Waals surface area contributed by atoms with Crippen molar-refractivity contribution < 1.29 is 14.6 Å². The van der Waals surface area contributed by atoms with Crippen LogP contribution in [0.1, 0.15) is 25.5 Å². The van der Waals surface area contributed by atoms with Gasteiger partial charge in [-0.15, -0.1) is 0 Å². The van der Waals surface area contributed by atoms with E-state index in [1.807, 2.05) is 36.4 Å². The van der Waals surface area contributed by atoms with Crippen LogP contribution >= 0.6 is 0 Å². The molecule has 0 amide bonds. The van der Waals surface area contributed by atoms with Gasteiger partial charge in [0.25, 0.3) is 0 Å². The zero-order valence-corrected chi connectivity index (χ0v) is 13.6. The van der Waals surface area contributed by atoms with E-state index in [-0.39, 0.29) is 5.75 Å². The summed E-state index contributed by atoms with van der Waals surface area (Å²) in [6.45, 7) is 4.63. The van der Waals surface area contributed by atoms with Gasteiger partial charge < -0.3 is 19.1 Å². The predicted octanol–water partition coefficient (Wildman–Crippen LogP) is 4.52. The largest absolute Gasteiger partial charge is 0.507 e. The van der Waals surface area contributed by atoms with Gasteiger partial charge in [0.05, 0.1) is 12.6 Å². The van der Waals surface area contributed by atoms with E-state index in [2.05, 4.69) is 24.6 Å². The summed E-state index contributed by atoms with van der Waals surface area (Å²) in [5.41, 5.74) is 1.99. The van der Waals surface area contributed by atoms with Crippen LogP contribution < -0.4 is 9.47 Å². The monoisotopic (exact) mass is 311 g/mol. The van der Waals surface area contributed by atoms with E-state index in [0.29, 0.717) is 12.6 Å². The summed E-state index contributed by atoms with van der Waals surface area (Å²) in [7, 11) is 1.63. The number of hydrogen-bond acceptors (Lipinski definition) is 3. The fraction of sp³-hybridized carbons (Fsp3) is 0.263. The third kappa shape index (κ3) is 2.97. The average Bonchev–Trinajstić information content (AvgIpc) is 2.93. The minimum Gasteiger partial charge on any atom is -0.507 e. The number of fused-ring (bicyclic) bond motifs is 1. The van der Waals surface area contributed by atoms with Crippen molar-refractivity contribution in [2.24, 2.45) is 0 Å². The molecule has 4 heteroatoms. The molecule has 0 unspecified atom stereocenters. The predicted molar refractivity (Wildman–Crippen MR) is 91.3 cm³/mol. The van der Waals surface area contributed by atoms with E-state index in [0.717, 1.165) is 28.0 Å². The maximum Gasteiger partial charge on any atom is 0.125 e. The lowest BCUT2D eigenvalue weighted by Gasteiger charge is -2.08. The van der Waals surface area contributed by atoms with Gasteiger partial charge >= 0.3 is 0 Å². The fourth-order valence-electron chi connectivity index (χ4n) is 2.76. The van der Waals surface area contributed by atoms with Crippen molar-refractivity contribution in [3.8, 4) is 17.2 Å². The summed E-state index contributed by atoms with van der Waals surface area (Å²) >= 11 is 0. The summed E-state index contributed by atoms with van der Waals surface area (Å²) in [5.74, 6) is 1.78. The molecule has 0 fully saturated rings. The van der Waals surface area contributed by atoms with E-state index >= 15 is 0 Å². The van der Waals surface area contributed by atoms with Crippen molar-refractivity contribution in [1.29, 1.82) is 0 Å². The quantitative estimate of drug-likeness (QED) is 0.753. The number of phenols is 1. The lowest BCUT2D eigenvalue weighted by atomic mass is 10.1. The van der Waals surface area contributed by atoms with Gasteiger partial charge in [-0.25, -0.2) is 0 Å². The summed E-state index contributed by atoms with van der Waals surface area (Å²) in [6.07, 6.45) is 2.05. The Morgan fingerprint density at radius 2 is 1.83 bits per heavy atom. The van der Waals surface area contributed by atoms with Crippen molar-refractivity contribution in [1.82, 2.24) is 4.57 Å². The smallest absolute Gasteiger partial charge is 0.125 e. The van der Waals surface area contributed by atoms with E-state index < -0.39 is 0 Å². The number of nitrogens with zero attached hydrogens (tertiary/aromatic N) is 1. The average molecular weight is 311 g/mol. The highest BCUT2D eigenvalue weighted by Gasteiger charge is 2.14. The summed E-state index contributed by atoms with van der Waals surface area (Å²) in [5, 5.41) is 11.1. The number of ether oxygens (including phenoxy) is 2. The number of aromatic hydroxyl groups is 1. The van der Waals surface area contributed by atoms with Gasteiger partial charge in [0, 0.05) is 29.3 Å². The van der Waals surface area contributed by atoms with Gasteiger partial charge in [-0.1, -0.05) is 12.1 Å². The van der Waals surface area contributed by atoms with Crippen molar-refractivity contribution in [3.63, 3.8) is 0 Å². The Morgan fingerprint density at radius 1 is 1.09 bits per heavy atom. The Hall–Kier alpha value is -2.62. The normalized spacial score (nSPS) is 11.1. The molecule has 1 N–H and O–H groups in total. The number of benzene rings is 2. The molecule has 23 heavy (non-hydrogen) atoms. The minimum atomic E-state index is 0.283. The Bertz CT molecular complexity index is 821. The number of aromatic nitrogens is 1. The SMILES string of the molecule is COc1cccc(OCc2cn(C(C)C)c3cccc(O)c23)c1. The molecule has 0 aliphatic heterocycles. The molecule has 120 valence electrons. The molecule has 2 aromatic carbocycles. The van der Waals surface area contributed by atoms with Gasteiger partial charge in [-0.05, 0) is 38.1 Å². The van der Waals surface area contributed by atoms with Gasteiger partial charge in [0.1, 0.15) is 23.9 Å². The van der Waals surface area contributed by atoms with Crippen LogP contribution in [0.4, 0.5) is 0 Å². The molecule has 0 atom stereocenters. The number of rotatable bonds is 5. The van der Waals surface area contributed by atoms with Crippen LogP contribution in [0, 0.1) is 0 Å². The first kappa shape index (κ1) is 15.3. The van der Waals surface area contributed by atoms with E-state index in [9.17, 15) is 5.11 Å². The highest BCUT2D eigenvalue weighted by Crippen LogP contribution is 2.32. The number of phenolic OH excluding ortho intramolecular Hbond substituents is 1. The summed E-state index contributed by atoms with van der Waals surface area (Å²) < 4.78 is 13.2. The first-order chi connectivity index (χ1) is 11.1. The van der Waals surface area contributed by atoms with Crippen molar-refractivity contribution in [2.45, 2.75) is 26.5 Å². The van der Waals surface area contributed by atoms with Crippen molar-refractivity contribution in [2.75, 3.05) is 7.11 Å². The second-order valence-electron chi connectivity index (χ2n) is 5.79.